The van der Waals surface area contributed by atoms with Crippen molar-refractivity contribution >= 4 is 29.4 Å². The summed E-state index contributed by atoms with van der Waals surface area (Å²) in [6.45, 7) is 4.32. The van der Waals surface area contributed by atoms with Gasteiger partial charge in [-0.25, -0.2) is 9.18 Å². The molecule has 2 N–H and O–H groups in total. The van der Waals surface area contributed by atoms with Crippen molar-refractivity contribution in [2.45, 2.75) is 51.6 Å². The van der Waals surface area contributed by atoms with Crippen molar-refractivity contribution in [1.82, 2.24) is 10.2 Å². The molecule has 0 aliphatic carbocycles. The van der Waals surface area contributed by atoms with E-state index in [0.29, 0.717) is 31.5 Å². The van der Waals surface area contributed by atoms with Crippen LogP contribution in [-0.4, -0.2) is 58.9 Å². The number of anilines is 1. The molecule has 2 saturated heterocycles. The van der Waals surface area contributed by atoms with E-state index in [9.17, 15) is 28.7 Å². The first-order valence-electron chi connectivity index (χ1n) is 10.6. The molecular weight excluding hydrogens is 405 g/mol. The number of carboxylic acid groups (broad SMARTS) is 1. The molecule has 3 amide bonds. The highest BCUT2D eigenvalue weighted by Gasteiger charge is 2.40. The van der Waals surface area contributed by atoms with Crippen molar-refractivity contribution in [2.24, 2.45) is 11.8 Å². The van der Waals surface area contributed by atoms with Gasteiger partial charge in [0.05, 0.1) is 5.92 Å². The number of amides is 3. The first-order chi connectivity index (χ1) is 14.7. The summed E-state index contributed by atoms with van der Waals surface area (Å²) in [5.74, 6) is -3.06. The Kier molecular flexibility index (Phi) is 6.92. The Hall–Kier alpha value is -2.97. The molecule has 2 aliphatic heterocycles. The maximum Gasteiger partial charge on any atom is 0.326 e. The predicted octanol–water partition coefficient (Wildman–Crippen LogP) is 1.79. The van der Waals surface area contributed by atoms with Crippen molar-refractivity contribution in [3.8, 4) is 0 Å². The van der Waals surface area contributed by atoms with Crippen LogP contribution in [0.25, 0.3) is 0 Å². The number of aliphatic carboxylic acids is 1. The zero-order chi connectivity index (χ0) is 22.7. The molecule has 0 bridgehead atoms. The van der Waals surface area contributed by atoms with Crippen LogP contribution in [0, 0.1) is 17.7 Å². The minimum absolute atomic E-state index is 0.00668. The molecule has 1 aromatic carbocycles. The van der Waals surface area contributed by atoms with Gasteiger partial charge in [0.15, 0.2) is 0 Å². The van der Waals surface area contributed by atoms with Gasteiger partial charge < -0.3 is 20.2 Å². The van der Waals surface area contributed by atoms with Gasteiger partial charge in [-0.1, -0.05) is 13.8 Å². The molecular formula is C22H28FN3O5. The summed E-state index contributed by atoms with van der Waals surface area (Å²) in [7, 11) is 0. The molecule has 2 fully saturated rings. The highest BCUT2D eigenvalue weighted by molar-refractivity contribution is 6.01. The molecule has 0 radical (unpaired) electrons. The van der Waals surface area contributed by atoms with Crippen LogP contribution in [0.15, 0.2) is 24.3 Å². The SMILES string of the molecule is CC(C)CC(NC(=O)C1CC(=O)N(c2ccc(F)cc2)C1)C(=O)N1CCCC1C(=O)O. The van der Waals surface area contributed by atoms with Crippen LogP contribution in [0.3, 0.4) is 0 Å². The molecule has 9 heteroatoms. The first kappa shape index (κ1) is 22.7. The van der Waals surface area contributed by atoms with E-state index >= 15 is 0 Å². The maximum absolute atomic E-state index is 13.2. The third kappa shape index (κ3) is 5.21. The molecule has 2 heterocycles. The number of nitrogens with zero attached hydrogens (tertiary/aromatic N) is 2. The number of likely N-dealkylation sites (tertiary alicyclic amines) is 1. The van der Waals surface area contributed by atoms with Crippen LogP contribution >= 0.6 is 0 Å². The van der Waals surface area contributed by atoms with E-state index in [2.05, 4.69) is 5.32 Å². The van der Waals surface area contributed by atoms with E-state index < -0.39 is 41.6 Å². The molecule has 1 aromatic rings. The van der Waals surface area contributed by atoms with E-state index in [4.69, 9.17) is 0 Å². The van der Waals surface area contributed by atoms with Crippen molar-refractivity contribution in [2.75, 3.05) is 18.0 Å². The second-order valence-electron chi connectivity index (χ2n) is 8.60. The Labute approximate surface area is 180 Å². The fourth-order valence-electron chi connectivity index (χ4n) is 4.22. The molecule has 0 spiro atoms. The van der Waals surface area contributed by atoms with Crippen molar-refractivity contribution < 1.29 is 28.7 Å². The Balaban J connectivity index is 1.69. The zero-order valence-corrected chi connectivity index (χ0v) is 17.7. The van der Waals surface area contributed by atoms with Crippen molar-refractivity contribution in [3.05, 3.63) is 30.1 Å². The Morgan fingerprint density at radius 1 is 1.23 bits per heavy atom. The second kappa shape index (κ2) is 9.45. The minimum atomic E-state index is -1.04. The standard InChI is InChI=1S/C22H28FN3O5/c1-13(2)10-17(21(29)25-9-3-4-18(25)22(30)31)24-20(28)14-11-19(27)26(12-14)16-7-5-15(23)6-8-16/h5-8,13-14,17-18H,3-4,9-12H2,1-2H3,(H,24,28)(H,30,31). The number of nitrogens with one attached hydrogen (secondary N) is 1. The van der Waals surface area contributed by atoms with Crippen LogP contribution in [0.1, 0.15) is 39.5 Å². The molecule has 168 valence electrons. The minimum Gasteiger partial charge on any atom is -0.480 e. The number of hydrogen-bond acceptors (Lipinski definition) is 4. The summed E-state index contributed by atoms with van der Waals surface area (Å²) < 4.78 is 13.2. The lowest BCUT2D eigenvalue weighted by molar-refractivity contribution is -0.149. The quantitative estimate of drug-likeness (QED) is 0.682. The van der Waals surface area contributed by atoms with Gasteiger partial charge in [-0.3, -0.25) is 14.4 Å². The van der Waals surface area contributed by atoms with E-state index in [1.165, 1.54) is 34.1 Å². The molecule has 31 heavy (non-hydrogen) atoms. The summed E-state index contributed by atoms with van der Waals surface area (Å²) in [6.07, 6.45) is 1.37. The Morgan fingerprint density at radius 3 is 2.52 bits per heavy atom. The molecule has 3 rings (SSSR count). The monoisotopic (exact) mass is 433 g/mol. The third-order valence-corrected chi connectivity index (χ3v) is 5.78. The summed E-state index contributed by atoms with van der Waals surface area (Å²) in [4.78, 5) is 52.6. The molecule has 3 atom stereocenters. The number of rotatable bonds is 7. The van der Waals surface area contributed by atoms with Crippen LogP contribution in [0.4, 0.5) is 10.1 Å². The van der Waals surface area contributed by atoms with Gasteiger partial charge in [-0.05, 0) is 49.4 Å². The predicted molar refractivity (Wildman–Crippen MR) is 111 cm³/mol. The zero-order valence-electron chi connectivity index (χ0n) is 17.7. The van der Waals surface area contributed by atoms with Crippen LogP contribution < -0.4 is 10.2 Å². The van der Waals surface area contributed by atoms with Crippen LogP contribution in [0.5, 0.6) is 0 Å². The average Bonchev–Trinajstić information content (AvgIpc) is 3.34. The number of halogens is 1. The number of carboxylic acids is 1. The van der Waals surface area contributed by atoms with Crippen LogP contribution in [-0.2, 0) is 19.2 Å². The van der Waals surface area contributed by atoms with E-state index in [-0.39, 0.29) is 24.8 Å². The Morgan fingerprint density at radius 2 is 1.90 bits per heavy atom. The molecule has 3 unspecified atom stereocenters. The fraction of sp³-hybridized carbons (Fsp3) is 0.545. The van der Waals surface area contributed by atoms with Gasteiger partial charge >= 0.3 is 5.97 Å². The van der Waals surface area contributed by atoms with Gasteiger partial charge in [0, 0.05) is 25.2 Å². The van der Waals surface area contributed by atoms with Crippen molar-refractivity contribution in [1.29, 1.82) is 0 Å². The molecule has 8 nitrogen and oxygen atoms in total. The third-order valence-electron chi connectivity index (χ3n) is 5.78. The smallest absolute Gasteiger partial charge is 0.326 e. The Bertz CT molecular complexity index is 857. The summed E-state index contributed by atoms with van der Waals surface area (Å²) >= 11 is 0. The fourth-order valence-corrected chi connectivity index (χ4v) is 4.22. The highest BCUT2D eigenvalue weighted by Crippen LogP contribution is 2.26. The van der Waals surface area contributed by atoms with Gasteiger partial charge in [0.25, 0.3) is 0 Å². The largest absolute Gasteiger partial charge is 0.480 e. The van der Waals surface area contributed by atoms with Gasteiger partial charge in [-0.15, -0.1) is 0 Å². The second-order valence-corrected chi connectivity index (χ2v) is 8.60. The molecule has 0 aromatic heterocycles. The number of carbonyl (C=O) groups is 4. The number of hydrogen-bond donors (Lipinski definition) is 2. The van der Waals surface area contributed by atoms with E-state index in [1.54, 1.807) is 0 Å². The van der Waals surface area contributed by atoms with Gasteiger partial charge in [-0.2, -0.15) is 0 Å². The summed E-state index contributed by atoms with van der Waals surface area (Å²) in [5.41, 5.74) is 0.512. The summed E-state index contributed by atoms with van der Waals surface area (Å²) in [6, 6.07) is 3.75. The lowest BCUT2D eigenvalue weighted by atomic mass is 10.0. The number of benzene rings is 1. The molecule has 2 aliphatic rings. The van der Waals surface area contributed by atoms with Gasteiger partial charge in [0.2, 0.25) is 17.7 Å². The lowest BCUT2D eigenvalue weighted by Gasteiger charge is -2.29. The number of carbonyl (C=O) groups excluding carboxylic acids is 3. The molecule has 0 saturated carbocycles. The van der Waals surface area contributed by atoms with E-state index in [1.807, 2.05) is 13.8 Å². The first-order valence-corrected chi connectivity index (χ1v) is 10.6. The topological polar surface area (TPSA) is 107 Å². The van der Waals surface area contributed by atoms with Gasteiger partial charge in [0.1, 0.15) is 17.9 Å². The van der Waals surface area contributed by atoms with E-state index in [0.717, 1.165) is 0 Å². The van der Waals surface area contributed by atoms with Crippen LogP contribution in [0.2, 0.25) is 0 Å². The average molecular weight is 433 g/mol. The summed E-state index contributed by atoms with van der Waals surface area (Å²) in [5, 5.41) is 12.2. The van der Waals surface area contributed by atoms with Crippen molar-refractivity contribution in [3.63, 3.8) is 0 Å². The highest BCUT2D eigenvalue weighted by atomic mass is 19.1. The normalized spacial score (nSPS) is 22.1. The lowest BCUT2D eigenvalue weighted by Crippen LogP contribution is -2.53. The maximum atomic E-state index is 13.2.